The molecule has 0 aliphatic carbocycles. The predicted molar refractivity (Wildman–Crippen MR) is 79.1 cm³/mol. The fourth-order valence-corrected chi connectivity index (χ4v) is 3.10. The molecule has 0 amide bonds. The van der Waals surface area contributed by atoms with Crippen molar-refractivity contribution in [1.29, 1.82) is 0 Å². The van der Waals surface area contributed by atoms with Gasteiger partial charge in [-0.3, -0.25) is 0 Å². The van der Waals surface area contributed by atoms with Crippen molar-refractivity contribution in [3.8, 4) is 0 Å². The smallest absolute Gasteiger partial charge is 0.0800 e. The van der Waals surface area contributed by atoms with E-state index in [2.05, 4.69) is 35.7 Å². The van der Waals surface area contributed by atoms with Gasteiger partial charge in [-0.2, -0.15) is 0 Å². The highest BCUT2D eigenvalue weighted by Crippen LogP contribution is 2.25. The van der Waals surface area contributed by atoms with Crippen LogP contribution in [0.25, 0.3) is 0 Å². The van der Waals surface area contributed by atoms with Crippen molar-refractivity contribution in [2.75, 3.05) is 6.54 Å². The van der Waals surface area contributed by atoms with Gasteiger partial charge in [0.2, 0.25) is 0 Å². The lowest BCUT2D eigenvalue weighted by Gasteiger charge is -2.16. The van der Waals surface area contributed by atoms with Crippen LogP contribution in [0.2, 0.25) is 0 Å². The molecule has 0 fully saturated rings. The molecule has 0 aromatic carbocycles. The summed E-state index contributed by atoms with van der Waals surface area (Å²) in [5, 5.41) is 7.81. The van der Waals surface area contributed by atoms with E-state index in [0.29, 0.717) is 6.04 Å². The van der Waals surface area contributed by atoms with Crippen LogP contribution in [0.3, 0.4) is 0 Å². The standard InChI is InChI=1S/C14H27N3S/c1-4-7-8-9-10-11-13(15-6-3)14-12(5-2)16-17-18-14/h13,15H,4-11H2,1-3H3. The molecule has 1 N–H and O–H groups in total. The third-order valence-electron chi connectivity index (χ3n) is 3.28. The van der Waals surface area contributed by atoms with E-state index in [9.17, 15) is 0 Å². The van der Waals surface area contributed by atoms with Crippen LogP contribution in [0.15, 0.2) is 0 Å². The predicted octanol–water partition coefficient (Wildman–Crippen LogP) is 4.11. The minimum absolute atomic E-state index is 0.464. The van der Waals surface area contributed by atoms with Crippen molar-refractivity contribution in [2.45, 2.75) is 71.8 Å². The lowest BCUT2D eigenvalue weighted by molar-refractivity contribution is 0.481. The third-order valence-corrected chi connectivity index (χ3v) is 4.16. The summed E-state index contributed by atoms with van der Waals surface area (Å²) in [6, 6.07) is 0.464. The average molecular weight is 269 g/mol. The maximum atomic E-state index is 4.22. The summed E-state index contributed by atoms with van der Waals surface area (Å²) in [6.45, 7) is 7.60. The highest BCUT2D eigenvalue weighted by molar-refractivity contribution is 7.05. The number of hydrogen-bond acceptors (Lipinski definition) is 4. The van der Waals surface area contributed by atoms with Crippen molar-refractivity contribution < 1.29 is 0 Å². The number of nitrogens with zero attached hydrogens (tertiary/aromatic N) is 2. The molecule has 0 bridgehead atoms. The van der Waals surface area contributed by atoms with Crippen LogP contribution < -0.4 is 5.32 Å². The van der Waals surface area contributed by atoms with Crippen LogP contribution in [0, 0.1) is 0 Å². The summed E-state index contributed by atoms with van der Waals surface area (Å²) in [6.07, 6.45) is 8.92. The van der Waals surface area contributed by atoms with Crippen molar-refractivity contribution >= 4 is 11.5 Å². The van der Waals surface area contributed by atoms with Crippen molar-refractivity contribution in [1.82, 2.24) is 14.9 Å². The van der Waals surface area contributed by atoms with Crippen molar-refractivity contribution in [3.05, 3.63) is 10.6 Å². The Labute approximate surface area is 116 Å². The van der Waals surface area contributed by atoms with Crippen LogP contribution >= 0.6 is 11.5 Å². The zero-order chi connectivity index (χ0) is 13.2. The van der Waals surface area contributed by atoms with Gasteiger partial charge in [0.1, 0.15) is 0 Å². The van der Waals surface area contributed by atoms with Crippen LogP contribution in [0.5, 0.6) is 0 Å². The fraction of sp³-hybridized carbons (Fsp3) is 0.857. The lowest BCUT2D eigenvalue weighted by Crippen LogP contribution is -2.21. The second-order valence-electron chi connectivity index (χ2n) is 4.75. The van der Waals surface area contributed by atoms with E-state index < -0.39 is 0 Å². The quantitative estimate of drug-likeness (QED) is 0.649. The summed E-state index contributed by atoms with van der Waals surface area (Å²) in [5.74, 6) is 0. The van der Waals surface area contributed by atoms with Gasteiger partial charge in [-0.15, -0.1) is 5.10 Å². The maximum Gasteiger partial charge on any atom is 0.0800 e. The molecular weight excluding hydrogens is 242 g/mol. The molecule has 0 radical (unpaired) electrons. The first kappa shape index (κ1) is 15.6. The minimum Gasteiger partial charge on any atom is -0.309 e. The molecular formula is C14H27N3S. The Morgan fingerprint density at radius 3 is 2.56 bits per heavy atom. The monoisotopic (exact) mass is 269 g/mol. The van der Waals surface area contributed by atoms with E-state index in [-0.39, 0.29) is 0 Å². The zero-order valence-electron chi connectivity index (χ0n) is 12.0. The molecule has 0 aliphatic heterocycles. The largest absolute Gasteiger partial charge is 0.309 e. The van der Waals surface area contributed by atoms with E-state index in [1.165, 1.54) is 49.1 Å². The Morgan fingerprint density at radius 2 is 1.89 bits per heavy atom. The number of aromatic nitrogens is 2. The molecule has 0 saturated heterocycles. The summed E-state index contributed by atoms with van der Waals surface area (Å²) in [5.41, 5.74) is 1.18. The van der Waals surface area contributed by atoms with Gasteiger partial charge in [-0.1, -0.05) is 57.4 Å². The third kappa shape index (κ3) is 5.02. The van der Waals surface area contributed by atoms with Gasteiger partial charge in [0.25, 0.3) is 0 Å². The Kier molecular flexibility index (Phi) is 8.18. The molecule has 104 valence electrons. The maximum absolute atomic E-state index is 4.22. The Bertz CT molecular complexity index is 312. The first-order valence-electron chi connectivity index (χ1n) is 7.37. The van der Waals surface area contributed by atoms with Gasteiger partial charge in [0, 0.05) is 6.04 Å². The second-order valence-corrected chi connectivity index (χ2v) is 5.54. The number of aryl methyl sites for hydroxylation is 1. The molecule has 1 aromatic rings. The summed E-state index contributed by atoms with van der Waals surface area (Å²) >= 11 is 1.57. The topological polar surface area (TPSA) is 37.8 Å². The van der Waals surface area contributed by atoms with Crippen LogP contribution in [0.1, 0.15) is 75.9 Å². The summed E-state index contributed by atoms with van der Waals surface area (Å²) < 4.78 is 4.11. The van der Waals surface area contributed by atoms with Gasteiger partial charge in [-0.25, -0.2) is 0 Å². The van der Waals surface area contributed by atoms with Crippen LogP contribution in [0.4, 0.5) is 0 Å². The minimum atomic E-state index is 0.464. The molecule has 1 heterocycles. The van der Waals surface area contributed by atoms with E-state index in [1.807, 2.05) is 0 Å². The highest BCUT2D eigenvalue weighted by atomic mass is 32.1. The van der Waals surface area contributed by atoms with Gasteiger partial charge in [-0.05, 0) is 30.9 Å². The molecule has 4 heteroatoms. The van der Waals surface area contributed by atoms with E-state index in [1.54, 1.807) is 11.5 Å². The van der Waals surface area contributed by atoms with Crippen LogP contribution in [-0.2, 0) is 6.42 Å². The first-order chi connectivity index (χ1) is 8.83. The van der Waals surface area contributed by atoms with Gasteiger partial charge < -0.3 is 5.32 Å². The second kappa shape index (κ2) is 9.45. The zero-order valence-corrected chi connectivity index (χ0v) is 12.9. The van der Waals surface area contributed by atoms with Gasteiger partial charge >= 0.3 is 0 Å². The molecule has 1 aromatic heterocycles. The van der Waals surface area contributed by atoms with Crippen molar-refractivity contribution in [3.63, 3.8) is 0 Å². The van der Waals surface area contributed by atoms with E-state index >= 15 is 0 Å². The molecule has 0 saturated carbocycles. The lowest BCUT2D eigenvalue weighted by atomic mass is 10.0. The summed E-state index contributed by atoms with van der Waals surface area (Å²) in [7, 11) is 0. The molecule has 1 rings (SSSR count). The normalized spacial score (nSPS) is 12.8. The van der Waals surface area contributed by atoms with E-state index in [4.69, 9.17) is 0 Å². The Balaban J connectivity index is 2.44. The number of hydrogen-bond donors (Lipinski definition) is 1. The molecule has 18 heavy (non-hydrogen) atoms. The van der Waals surface area contributed by atoms with Crippen molar-refractivity contribution in [2.24, 2.45) is 0 Å². The number of nitrogens with one attached hydrogen (secondary N) is 1. The van der Waals surface area contributed by atoms with Crippen LogP contribution in [-0.4, -0.2) is 16.1 Å². The molecule has 3 nitrogen and oxygen atoms in total. The number of rotatable bonds is 10. The average Bonchev–Trinajstić information content (AvgIpc) is 2.85. The molecule has 0 spiro atoms. The molecule has 1 atom stereocenters. The SMILES string of the molecule is CCCCCCCC(NCC)c1snnc1CC. The molecule has 1 unspecified atom stereocenters. The van der Waals surface area contributed by atoms with Gasteiger partial charge in [0.05, 0.1) is 10.6 Å². The molecule has 0 aliphatic rings. The number of unbranched alkanes of at least 4 members (excludes halogenated alkanes) is 4. The Hall–Kier alpha value is -0.480. The van der Waals surface area contributed by atoms with Gasteiger partial charge in [0.15, 0.2) is 0 Å². The Morgan fingerprint density at radius 1 is 1.11 bits per heavy atom. The highest BCUT2D eigenvalue weighted by Gasteiger charge is 2.16. The summed E-state index contributed by atoms with van der Waals surface area (Å²) in [4.78, 5) is 1.36. The first-order valence-corrected chi connectivity index (χ1v) is 8.15. The van der Waals surface area contributed by atoms with E-state index in [0.717, 1.165) is 13.0 Å². The fourth-order valence-electron chi connectivity index (χ4n) is 2.25.